The van der Waals surface area contributed by atoms with E-state index in [1.165, 1.54) is 24.3 Å². The number of likely N-dealkylation sites (tertiary alicyclic amines) is 1. The molecule has 2 N–H and O–H groups in total. The number of rotatable bonds is 6. The molecule has 138 valence electrons. The van der Waals surface area contributed by atoms with Gasteiger partial charge in [-0.3, -0.25) is 14.4 Å². The molecule has 0 spiro atoms. The lowest BCUT2D eigenvalue weighted by atomic mass is 9.96. The summed E-state index contributed by atoms with van der Waals surface area (Å²) in [7, 11) is 0. The second-order valence-corrected chi connectivity index (χ2v) is 6.12. The number of nitrogens with zero attached hydrogens (tertiary/aromatic N) is 1. The number of hydrogen-bond donors (Lipinski definition) is 2. The van der Waals surface area contributed by atoms with Crippen molar-refractivity contribution in [1.82, 2.24) is 15.5 Å². The van der Waals surface area contributed by atoms with Crippen LogP contribution in [0.5, 0.6) is 0 Å². The van der Waals surface area contributed by atoms with Crippen LogP contribution in [-0.2, 0) is 9.59 Å². The summed E-state index contributed by atoms with van der Waals surface area (Å²) in [5, 5.41) is 5.25. The number of piperidine rings is 1. The van der Waals surface area contributed by atoms with E-state index in [1.54, 1.807) is 4.90 Å². The number of benzene rings is 1. The molecule has 1 aromatic rings. The van der Waals surface area contributed by atoms with Gasteiger partial charge in [-0.05, 0) is 37.1 Å². The fourth-order valence-electron chi connectivity index (χ4n) is 2.83. The molecule has 3 amide bonds. The first-order chi connectivity index (χ1) is 12.5. The molecule has 0 aromatic heterocycles. The molecule has 1 aliphatic rings. The maximum atomic E-state index is 13.0. The zero-order chi connectivity index (χ0) is 18.9. The van der Waals surface area contributed by atoms with Crippen molar-refractivity contribution in [3.63, 3.8) is 0 Å². The molecule has 0 aliphatic carbocycles. The lowest BCUT2D eigenvalue weighted by Crippen LogP contribution is -2.46. The van der Waals surface area contributed by atoms with Crippen LogP contribution in [0.25, 0.3) is 0 Å². The maximum absolute atomic E-state index is 13.0. The van der Waals surface area contributed by atoms with Gasteiger partial charge in [-0.15, -0.1) is 6.42 Å². The highest BCUT2D eigenvalue weighted by molar-refractivity contribution is 5.94. The van der Waals surface area contributed by atoms with E-state index in [4.69, 9.17) is 6.42 Å². The Morgan fingerprint density at radius 1 is 1.23 bits per heavy atom. The van der Waals surface area contributed by atoms with Gasteiger partial charge in [0.15, 0.2) is 0 Å². The van der Waals surface area contributed by atoms with Crippen LogP contribution in [0.3, 0.4) is 0 Å². The van der Waals surface area contributed by atoms with Crippen LogP contribution < -0.4 is 10.6 Å². The molecule has 2 rings (SSSR count). The summed E-state index contributed by atoms with van der Waals surface area (Å²) in [6, 6.07) is 5.37. The molecule has 0 saturated carbocycles. The lowest BCUT2D eigenvalue weighted by Gasteiger charge is -2.32. The number of amides is 3. The largest absolute Gasteiger partial charge is 0.355 e. The van der Waals surface area contributed by atoms with Gasteiger partial charge in [-0.25, -0.2) is 4.39 Å². The number of carbonyl (C=O) groups excluding carboxylic acids is 3. The number of carbonyl (C=O) groups is 3. The topological polar surface area (TPSA) is 78.5 Å². The van der Waals surface area contributed by atoms with E-state index >= 15 is 0 Å². The highest BCUT2D eigenvalue weighted by Crippen LogP contribution is 2.19. The summed E-state index contributed by atoms with van der Waals surface area (Å²) in [6.45, 7) is 1.26. The average Bonchev–Trinajstić information content (AvgIpc) is 2.66. The van der Waals surface area contributed by atoms with Crippen molar-refractivity contribution in [2.24, 2.45) is 5.92 Å². The smallest absolute Gasteiger partial charge is 0.253 e. The summed E-state index contributed by atoms with van der Waals surface area (Å²) < 4.78 is 13.0. The number of hydrogen-bond acceptors (Lipinski definition) is 3. The van der Waals surface area contributed by atoms with Crippen LogP contribution >= 0.6 is 0 Å². The van der Waals surface area contributed by atoms with Crippen LogP contribution in [0.1, 0.15) is 29.6 Å². The Kier molecular flexibility index (Phi) is 7.15. The molecular formula is C19H22FN3O3. The van der Waals surface area contributed by atoms with Crippen molar-refractivity contribution < 1.29 is 18.8 Å². The normalized spacial score (nSPS) is 16.5. The van der Waals surface area contributed by atoms with Crippen molar-refractivity contribution in [3.05, 3.63) is 35.6 Å². The molecule has 1 aromatic carbocycles. The van der Waals surface area contributed by atoms with Crippen molar-refractivity contribution in [2.75, 3.05) is 26.2 Å². The van der Waals surface area contributed by atoms with Gasteiger partial charge in [0.25, 0.3) is 5.91 Å². The SMILES string of the molecule is C#CCNC(=O)CCNC(=O)C1CCCN(C(=O)c2ccc(F)cc2)C1. The Morgan fingerprint density at radius 2 is 1.96 bits per heavy atom. The second-order valence-electron chi connectivity index (χ2n) is 6.12. The van der Waals surface area contributed by atoms with Crippen LogP contribution in [0.2, 0.25) is 0 Å². The molecule has 1 fully saturated rings. The molecule has 1 heterocycles. The van der Waals surface area contributed by atoms with Gasteiger partial charge in [0.1, 0.15) is 5.82 Å². The fourth-order valence-corrected chi connectivity index (χ4v) is 2.83. The molecule has 0 radical (unpaired) electrons. The third-order valence-corrected chi connectivity index (χ3v) is 4.21. The van der Waals surface area contributed by atoms with Crippen LogP contribution in [0.4, 0.5) is 4.39 Å². The first-order valence-corrected chi connectivity index (χ1v) is 8.54. The average molecular weight is 359 g/mol. The highest BCUT2D eigenvalue weighted by atomic mass is 19.1. The molecule has 1 atom stereocenters. The number of nitrogens with one attached hydrogen (secondary N) is 2. The summed E-state index contributed by atoms with van der Waals surface area (Å²) in [5.41, 5.74) is 0.401. The van der Waals surface area contributed by atoms with Crippen LogP contribution in [0, 0.1) is 24.1 Å². The Balaban J connectivity index is 1.82. The van der Waals surface area contributed by atoms with E-state index in [0.29, 0.717) is 31.5 Å². The molecular weight excluding hydrogens is 337 g/mol. The maximum Gasteiger partial charge on any atom is 0.253 e. The molecule has 0 bridgehead atoms. The summed E-state index contributed by atoms with van der Waals surface area (Å²) in [6.07, 6.45) is 6.60. The zero-order valence-electron chi connectivity index (χ0n) is 14.5. The van der Waals surface area contributed by atoms with Crippen molar-refractivity contribution in [3.8, 4) is 12.3 Å². The van der Waals surface area contributed by atoms with Gasteiger partial charge in [-0.1, -0.05) is 5.92 Å². The minimum atomic E-state index is -0.399. The van der Waals surface area contributed by atoms with Gasteiger partial charge in [0.2, 0.25) is 11.8 Å². The van der Waals surface area contributed by atoms with Gasteiger partial charge in [0, 0.05) is 31.6 Å². The van der Waals surface area contributed by atoms with E-state index in [1.807, 2.05) is 0 Å². The number of halogens is 1. The lowest BCUT2D eigenvalue weighted by molar-refractivity contribution is -0.126. The summed E-state index contributed by atoms with van der Waals surface area (Å²) in [5.74, 6) is 0.978. The van der Waals surface area contributed by atoms with E-state index in [9.17, 15) is 18.8 Å². The quantitative estimate of drug-likeness (QED) is 0.742. The molecule has 1 unspecified atom stereocenters. The first-order valence-electron chi connectivity index (χ1n) is 8.54. The Labute approximate surface area is 152 Å². The highest BCUT2D eigenvalue weighted by Gasteiger charge is 2.28. The van der Waals surface area contributed by atoms with E-state index in [-0.39, 0.29) is 43.1 Å². The summed E-state index contributed by atoms with van der Waals surface area (Å²) >= 11 is 0. The molecule has 26 heavy (non-hydrogen) atoms. The Morgan fingerprint density at radius 3 is 2.65 bits per heavy atom. The molecule has 1 aliphatic heterocycles. The monoisotopic (exact) mass is 359 g/mol. The third-order valence-electron chi connectivity index (χ3n) is 4.21. The van der Waals surface area contributed by atoms with Gasteiger partial charge in [-0.2, -0.15) is 0 Å². The van der Waals surface area contributed by atoms with Crippen molar-refractivity contribution in [1.29, 1.82) is 0 Å². The second kappa shape index (κ2) is 9.56. The Bertz CT molecular complexity index is 697. The minimum absolute atomic E-state index is 0.151. The van der Waals surface area contributed by atoms with E-state index < -0.39 is 5.82 Å². The van der Waals surface area contributed by atoms with Crippen LogP contribution in [-0.4, -0.2) is 48.8 Å². The fraction of sp³-hybridized carbons (Fsp3) is 0.421. The van der Waals surface area contributed by atoms with Crippen LogP contribution in [0.15, 0.2) is 24.3 Å². The van der Waals surface area contributed by atoms with Gasteiger partial charge >= 0.3 is 0 Å². The minimum Gasteiger partial charge on any atom is -0.355 e. The Hall–Kier alpha value is -2.88. The summed E-state index contributed by atoms with van der Waals surface area (Å²) in [4.78, 5) is 37.8. The van der Waals surface area contributed by atoms with Crippen molar-refractivity contribution in [2.45, 2.75) is 19.3 Å². The van der Waals surface area contributed by atoms with E-state index in [2.05, 4.69) is 16.6 Å². The third kappa shape index (κ3) is 5.59. The zero-order valence-corrected chi connectivity index (χ0v) is 14.5. The predicted octanol–water partition coefficient (Wildman–Crippen LogP) is 0.934. The molecule has 7 heteroatoms. The molecule has 1 saturated heterocycles. The standard InChI is InChI=1S/C19H22FN3O3/c1-2-10-21-17(24)9-11-22-18(25)15-4-3-12-23(13-15)19(26)14-5-7-16(20)8-6-14/h1,5-8,15H,3-4,9-13H2,(H,21,24)(H,22,25). The van der Waals surface area contributed by atoms with Gasteiger partial charge < -0.3 is 15.5 Å². The van der Waals surface area contributed by atoms with Crippen molar-refractivity contribution >= 4 is 17.7 Å². The predicted molar refractivity (Wildman–Crippen MR) is 94.5 cm³/mol. The number of terminal acetylenes is 1. The van der Waals surface area contributed by atoms with E-state index in [0.717, 1.165) is 0 Å². The van der Waals surface area contributed by atoms with Gasteiger partial charge in [0.05, 0.1) is 12.5 Å². The first kappa shape index (κ1) is 19.4. The molecule has 6 nitrogen and oxygen atoms in total.